The van der Waals surface area contributed by atoms with Crippen molar-refractivity contribution in [3.05, 3.63) is 65.5 Å². The van der Waals surface area contributed by atoms with Gasteiger partial charge in [-0.2, -0.15) is 26.3 Å². The second-order valence-corrected chi connectivity index (χ2v) is 8.57. The molecule has 4 N–H and O–H groups in total. The summed E-state index contributed by atoms with van der Waals surface area (Å²) >= 11 is 0. The fourth-order valence-electron chi connectivity index (χ4n) is 3.10. The Kier molecular flexibility index (Phi) is 10.6. The molecule has 2 aliphatic carbocycles. The number of nitrogens with one attached hydrogen (secondary N) is 2. The zero-order valence-electron chi connectivity index (χ0n) is 19.7. The first kappa shape index (κ1) is 30.5. The molecule has 0 radical (unpaired) electrons. The van der Waals surface area contributed by atoms with Crippen LogP contribution in [0.5, 0.6) is 0 Å². The predicted molar refractivity (Wildman–Crippen MR) is 121 cm³/mol. The summed E-state index contributed by atoms with van der Waals surface area (Å²) in [7, 11) is 0. The molecule has 1 amide bonds. The van der Waals surface area contributed by atoms with Crippen LogP contribution >= 0.6 is 0 Å². The van der Waals surface area contributed by atoms with E-state index in [4.69, 9.17) is 19.8 Å². The Balaban J connectivity index is 0.000000301. The number of benzene rings is 1. The first-order valence-corrected chi connectivity index (χ1v) is 11.3. The molecule has 8 nitrogen and oxygen atoms in total. The Bertz CT molecular complexity index is 1050. The van der Waals surface area contributed by atoms with E-state index in [-0.39, 0.29) is 5.91 Å². The molecule has 1 aromatic carbocycles. The summed E-state index contributed by atoms with van der Waals surface area (Å²) in [5.41, 5.74) is 3.11. The van der Waals surface area contributed by atoms with Crippen molar-refractivity contribution in [3.63, 3.8) is 0 Å². The Morgan fingerprint density at radius 3 is 1.82 bits per heavy atom. The molecule has 14 heteroatoms. The van der Waals surface area contributed by atoms with Gasteiger partial charge in [-0.05, 0) is 67.1 Å². The highest BCUT2D eigenvalue weighted by Gasteiger charge is 2.39. The van der Waals surface area contributed by atoms with Gasteiger partial charge in [-0.3, -0.25) is 9.78 Å². The number of amides is 1. The minimum absolute atomic E-state index is 0.0300. The van der Waals surface area contributed by atoms with Gasteiger partial charge < -0.3 is 20.8 Å². The molecule has 2 atom stereocenters. The van der Waals surface area contributed by atoms with Gasteiger partial charge in [0.15, 0.2) is 0 Å². The fraction of sp³-hybridized carbons (Fsp3) is 0.417. The molecule has 2 aliphatic rings. The maximum atomic E-state index is 12.2. The van der Waals surface area contributed by atoms with Crippen molar-refractivity contribution in [1.29, 1.82) is 0 Å². The third-order valence-corrected chi connectivity index (χ3v) is 5.44. The van der Waals surface area contributed by atoms with Crippen molar-refractivity contribution < 1.29 is 50.9 Å². The highest BCUT2D eigenvalue weighted by atomic mass is 19.4. The number of alkyl halides is 6. The van der Waals surface area contributed by atoms with Crippen LogP contribution in [0.25, 0.3) is 0 Å². The summed E-state index contributed by atoms with van der Waals surface area (Å²) < 4.78 is 63.5. The summed E-state index contributed by atoms with van der Waals surface area (Å²) in [5.74, 6) is -3.99. The van der Waals surface area contributed by atoms with E-state index in [1.54, 1.807) is 12.4 Å². The van der Waals surface area contributed by atoms with E-state index in [1.807, 2.05) is 24.3 Å². The summed E-state index contributed by atoms with van der Waals surface area (Å²) in [6.07, 6.45) is -2.68. The number of halogens is 6. The van der Waals surface area contributed by atoms with Crippen LogP contribution in [-0.4, -0.2) is 58.0 Å². The van der Waals surface area contributed by atoms with Crippen LogP contribution in [0, 0.1) is 5.92 Å². The van der Waals surface area contributed by atoms with Crippen LogP contribution in [0.4, 0.5) is 26.3 Å². The van der Waals surface area contributed by atoms with E-state index in [0.717, 1.165) is 17.0 Å². The molecule has 0 unspecified atom stereocenters. The highest BCUT2D eigenvalue weighted by Crippen LogP contribution is 2.41. The van der Waals surface area contributed by atoms with Crippen LogP contribution in [0.15, 0.2) is 48.8 Å². The number of pyridine rings is 1. The number of aliphatic carboxylic acids is 2. The maximum absolute atomic E-state index is 12.2. The monoisotopic (exact) mass is 549 g/mol. The zero-order chi connectivity index (χ0) is 28.5. The SMILES string of the molecule is O=C(NCc1ccncc1)c1ccc([C@@H]2C[C@H]2NCC2CC2)cc1.O=C(O)C(F)(F)F.O=C(O)C(F)(F)F. The van der Waals surface area contributed by atoms with Gasteiger partial charge >= 0.3 is 24.3 Å². The van der Waals surface area contributed by atoms with E-state index < -0.39 is 24.3 Å². The number of hydrogen-bond donors (Lipinski definition) is 4. The fourth-order valence-corrected chi connectivity index (χ4v) is 3.10. The summed E-state index contributed by atoms with van der Waals surface area (Å²) in [5, 5.41) is 20.9. The molecule has 0 spiro atoms. The van der Waals surface area contributed by atoms with Crippen molar-refractivity contribution in [3.8, 4) is 0 Å². The van der Waals surface area contributed by atoms with Crippen LogP contribution in [0.3, 0.4) is 0 Å². The average Bonchev–Trinajstić information content (AvgIpc) is 3.77. The number of carboxylic acid groups (broad SMARTS) is 2. The van der Waals surface area contributed by atoms with Gasteiger partial charge in [0.25, 0.3) is 5.91 Å². The zero-order valence-corrected chi connectivity index (χ0v) is 19.7. The first-order valence-electron chi connectivity index (χ1n) is 11.3. The molecule has 0 bridgehead atoms. The van der Waals surface area contributed by atoms with Gasteiger partial charge in [-0.1, -0.05) is 12.1 Å². The molecule has 1 aromatic heterocycles. The lowest BCUT2D eigenvalue weighted by Crippen LogP contribution is -2.22. The Labute approximate surface area is 213 Å². The minimum Gasteiger partial charge on any atom is -0.475 e. The summed E-state index contributed by atoms with van der Waals surface area (Å²) in [4.78, 5) is 34.0. The smallest absolute Gasteiger partial charge is 0.475 e. The van der Waals surface area contributed by atoms with Gasteiger partial charge in [0.1, 0.15) is 0 Å². The Hall–Kier alpha value is -3.68. The normalized spacial score (nSPS) is 18.2. The second-order valence-electron chi connectivity index (χ2n) is 8.57. The molecule has 0 saturated heterocycles. The number of carbonyl (C=O) groups excluding carboxylic acids is 1. The lowest BCUT2D eigenvalue weighted by molar-refractivity contribution is -0.193. The number of rotatable bonds is 7. The lowest BCUT2D eigenvalue weighted by Gasteiger charge is -2.07. The molecular weight excluding hydrogens is 524 g/mol. The number of aromatic nitrogens is 1. The standard InChI is InChI=1S/C20H23N3O.2C2HF3O2/c24-20(23-13-15-7-9-21-10-8-15)17-5-3-16(4-6-17)18-11-19(18)22-12-14-1-2-14;2*3-2(4,5)1(6)7/h3-10,14,18-19,22H,1-2,11-13H2,(H,23,24);2*(H,6,7)/t18-,19+;;/m0../s1. The van der Waals surface area contributed by atoms with Crippen molar-refractivity contribution in [2.45, 2.75) is 50.1 Å². The Morgan fingerprint density at radius 1 is 0.868 bits per heavy atom. The van der Waals surface area contributed by atoms with E-state index in [9.17, 15) is 31.1 Å². The quantitative estimate of drug-likeness (QED) is 0.383. The van der Waals surface area contributed by atoms with Crippen molar-refractivity contribution >= 4 is 17.8 Å². The lowest BCUT2D eigenvalue weighted by atomic mass is 10.1. The molecule has 2 saturated carbocycles. The van der Waals surface area contributed by atoms with Gasteiger partial charge in [0, 0.05) is 36.5 Å². The minimum atomic E-state index is -5.08. The largest absolute Gasteiger partial charge is 0.490 e. The molecule has 208 valence electrons. The van der Waals surface area contributed by atoms with Gasteiger partial charge in [0.2, 0.25) is 0 Å². The van der Waals surface area contributed by atoms with E-state index in [0.29, 0.717) is 18.5 Å². The topological polar surface area (TPSA) is 129 Å². The second kappa shape index (κ2) is 13.2. The molecule has 4 rings (SSSR count). The van der Waals surface area contributed by atoms with Crippen molar-refractivity contribution in [2.75, 3.05) is 6.54 Å². The van der Waals surface area contributed by atoms with Crippen molar-refractivity contribution in [1.82, 2.24) is 15.6 Å². The van der Waals surface area contributed by atoms with Crippen LogP contribution in [0.2, 0.25) is 0 Å². The van der Waals surface area contributed by atoms with Crippen LogP contribution in [0.1, 0.15) is 46.7 Å². The molecule has 0 aliphatic heterocycles. The third-order valence-electron chi connectivity index (χ3n) is 5.44. The van der Waals surface area contributed by atoms with E-state index >= 15 is 0 Å². The maximum Gasteiger partial charge on any atom is 0.490 e. The molecule has 38 heavy (non-hydrogen) atoms. The first-order chi connectivity index (χ1) is 17.7. The molecule has 1 heterocycles. The number of carbonyl (C=O) groups is 3. The van der Waals surface area contributed by atoms with Crippen molar-refractivity contribution in [2.24, 2.45) is 5.92 Å². The van der Waals surface area contributed by atoms with Crippen LogP contribution < -0.4 is 10.6 Å². The number of hydrogen-bond acceptors (Lipinski definition) is 5. The molecule has 2 aromatic rings. The van der Waals surface area contributed by atoms with Gasteiger partial charge in [-0.15, -0.1) is 0 Å². The predicted octanol–water partition coefficient (Wildman–Crippen LogP) is 4.13. The third kappa shape index (κ3) is 11.2. The van der Waals surface area contributed by atoms with Crippen LogP contribution in [-0.2, 0) is 16.1 Å². The Morgan fingerprint density at radius 2 is 1.37 bits per heavy atom. The summed E-state index contributed by atoms with van der Waals surface area (Å²) in [6, 6.07) is 12.5. The average molecular weight is 549 g/mol. The van der Waals surface area contributed by atoms with E-state index in [2.05, 4.69) is 27.8 Å². The molecular formula is C24H25F6N3O5. The number of nitrogens with zero attached hydrogens (tertiary/aromatic N) is 1. The van der Waals surface area contributed by atoms with Gasteiger partial charge in [-0.25, -0.2) is 9.59 Å². The number of carboxylic acids is 2. The highest BCUT2D eigenvalue weighted by molar-refractivity contribution is 5.94. The van der Waals surface area contributed by atoms with E-state index in [1.165, 1.54) is 31.4 Å². The summed E-state index contributed by atoms with van der Waals surface area (Å²) in [6.45, 7) is 1.70. The van der Waals surface area contributed by atoms with Gasteiger partial charge in [0.05, 0.1) is 0 Å². The molecule has 2 fully saturated rings.